The third kappa shape index (κ3) is 8.65. The summed E-state index contributed by atoms with van der Waals surface area (Å²) in [6.07, 6.45) is 0. The summed E-state index contributed by atoms with van der Waals surface area (Å²) in [5.41, 5.74) is 8.02. The number of rotatable bonds is 4. The van der Waals surface area contributed by atoms with Crippen LogP contribution in [0.5, 0.6) is 0 Å². The molecule has 4 rings (SSSR count). The van der Waals surface area contributed by atoms with Gasteiger partial charge in [0, 0.05) is 29.3 Å². The second-order valence-electron chi connectivity index (χ2n) is 6.81. The molecule has 5 heteroatoms. The minimum absolute atomic E-state index is 0. The monoisotopic (exact) mass is 473 g/mol. The van der Waals surface area contributed by atoms with E-state index in [2.05, 4.69) is 91.9 Å². The molecule has 0 heterocycles. The summed E-state index contributed by atoms with van der Waals surface area (Å²) in [5.74, 6) is -0.833. The molecule has 3 nitrogen and oxygen atoms in total. The number of hydrogen-bond acceptors (Lipinski definition) is 2. The maximum Gasteiger partial charge on any atom is 0.300 e. The molecule has 1 atom stereocenters. The van der Waals surface area contributed by atoms with Gasteiger partial charge in [0.25, 0.3) is 5.97 Å². The van der Waals surface area contributed by atoms with Crippen LogP contribution in [0.3, 0.4) is 0 Å². The van der Waals surface area contributed by atoms with Crippen LogP contribution in [-0.2, 0) is 27.1 Å². The molecule has 0 fully saturated rings. The van der Waals surface area contributed by atoms with Gasteiger partial charge >= 0.3 is 0 Å². The summed E-state index contributed by atoms with van der Waals surface area (Å²) >= 11 is 0. The molecule has 31 heavy (non-hydrogen) atoms. The third-order valence-electron chi connectivity index (χ3n) is 4.30. The van der Waals surface area contributed by atoms with Crippen molar-refractivity contribution in [3.8, 4) is 0 Å². The molecule has 4 aromatic carbocycles. The molecule has 0 saturated carbocycles. The van der Waals surface area contributed by atoms with Gasteiger partial charge in [-0.1, -0.05) is 60.7 Å². The smallest absolute Gasteiger partial charge is 0.300 e. The SMILES string of the molecule is CC(=O)O.CC(N)([c-]1cccc1)P(c1ccccc1)c1ccccc1.[Fe].[cH-]1[cH-][cH-][cH-][cH-]1. The zero-order valence-corrected chi connectivity index (χ0v) is 19.7. The second kappa shape index (κ2) is 13.7. The third-order valence-corrected chi connectivity index (χ3v) is 7.11. The predicted molar refractivity (Wildman–Crippen MR) is 128 cm³/mol. The summed E-state index contributed by atoms with van der Waals surface area (Å²) in [4.78, 5) is 9.00. The van der Waals surface area contributed by atoms with Crippen molar-refractivity contribution in [1.29, 1.82) is 0 Å². The Hall–Kier alpha value is -2.48. The topological polar surface area (TPSA) is 63.3 Å². The molecule has 0 aliphatic carbocycles. The van der Waals surface area contributed by atoms with Crippen LogP contribution < -0.4 is 16.3 Å². The van der Waals surface area contributed by atoms with E-state index in [0.29, 0.717) is 0 Å². The van der Waals surface area contributed by atoms with E-state index in [-0.39, 0.29) is 22.3 Å². The molecule has 0 aliphatic rings. The zero-order chi connectivity index (χ0) is 21.8. The summed E-state index contributed by atoms with van der Waals surface area (Å²) in [5, 5.41) is 9.65. The summed E-state index contributed by atoms with van der Waals surface area (Å²) in [6.45, 7) is 3.23. The van der Waals surface area contributed by atoms with Crippen LogP contribution in [0.15, 0.2) is 115 Å². The number of nitrogens with two attached hydrogens (primary N) is 1. The van der Waals surface area contributed by atoms with Crippen molar-refractivity contribution in [3.05, 3.63) is 121 Å². The molecular formula is C26H28FeNO2P-6. The largest absolute Gasteiger partial charge is 0.748 e. The first-order valence-corrected chi connectivity index (χ1v) is 11.0. The summed E-state index contributed by atoms with van der Waals surface area (Å²) < 4.78 is 0. The van der Waals surface area contributed by atoms with Gasteiger partial charge in [-0.25, -0.2) is 12.1 Å². The molecule has 0 bridgehead atoms. The van der Waals surface area contributed by atoms with Crippen molar-refractivity contribution >= 4 is 24.5 Å². The molecule has 0 saturated heterocycles. The van der Waals surface area contributed by atoms with E-state index in [1.165, 1.54) is 16.2 Å². The van der Waals surface area contributed by atoms with Crippen LogP contribution in [0.2, 0.25) is 0 Å². The fourth-order valence-electron chi connectivity index (χ4n) is 3.00. The van der Waals surface area contributed by atoms with Crippen molar-refractivity contribution in [2.45, 2.75) is 19.1 Å². The number of hydrogen-bond donors (Lipinski definition) is 2. The van der Waals surface area contributed by atoms with E-state index in [4.69, 9.17) is 15.6 Å². The van der Waals surface area contributed by atoms with E-state index in [0.717, 1.165) is 6.92 Å². The zero-order valence-electron chi connectivity index (χ0n) is 17.7. The van der Waals surface area contributed by atoms with Crippen molar-refractivity contribution in [2.75, 3.05) is 0 Å². The number of aliphatic carboxylic acids is 1. The van der Waals surface area contributed by atoms with Gasteiger partial charge in [-0.2, -0.15) is 12.1 Å². The van der Waals surface area contributed by atoms with Crippen LogP contribution >= 0.6 is 7.92 Å². The molecule has 0 radical (unpaired) electrons. The minimum atomic E-state index is -0.833. The van der Waals surface area contributed by atoms with Crippen LogP contribution in [0.4, 0.5) is 0 Å². The van der Waals surface area contributed by atoms with Gasteiger partial charge in [-0.05, 0) is 25.5 Å². The molecule has 0 amide bonds. The Morgan fingerprint density at radius 1 is 0.839 bits per heavy atom. The molecule has 3 N–H and O–H groups in total. The average Bonchev–Trinajstić information content (AvgIpc) is 3.46. The van der Waals surface area contributed by atoms with Gasteiger partial charge in [0.2, 0.25) is 0 Å². The van der Waals surface area contributed by atoms with E-state index >= 15 is 0 Å². The average molecular weight is 473 g/mol. The Balaban J connectivity index is 0.000000404. The van der Waals surface area contributed by atoms with Crippen LogP contribution in [0, 0.1) is 0 Å². The Bertz CT molecular complexity index is 893. The number of benzene rings is 2. The first-order valence-electron chi connectivity index (χ1n) is 9.70. The quantitative estimate of drug-likeness (QED) is 0.245. The van der Waals surface area contributed by atoms with Crippen LogP contribution in [0.1, 0.15) is 19.4 Å². The van der Waals surface area contributed by atoms with Gasteiger partial charge in [-0.15, -0.1) is 5.56 Å². The molecule has 168 valence electrons. The molecule has 0 spiro atoms. The fourth-order valence-corrected chi connectivity index (χ4v) is 5.72. The van der Waals surface area contributed by atoms with Gasteiger partial charge in [0.15, 0.2) is 0 Å². The van der Waals surface area contributed by atoms with Crippen LogP contribution in [-0.4, -0.2) is 11.1 Å². The van der Waals surface area contributed by atoms with Crippen molar-refractivity contribution in [2.24, 2.45) is 5.73 Å². The standard InChI is InChI=1S/C19H19NP.C5H5.C2H4O2.Fe/c1-19(20,16-10-8-9-11-16)21(17-12-4-2-5-13-17)18-14-6-3-7-15-18;1-2-4-5-3-1;1-2(3)4;/h2-15H,20H2,1H3;1-5H;1H3,(H,3,4);/q-1;-5;;. The normalized spacial score (nSPS) is 11.6. The van der Waals surface area contributed by atoms with Crippen molar-refractivity contribution in [3.63, 3.8) is 0 Å². The first-order chi connectivity index (χ1) is 14.4. The molecule has 4 aromatic rings. The minimum Gasteiger partial charge on any atom is -0.748 e. The van der Waals surface area contributed by atoms with Gasteiger partial charge in [0.1, 0.15) is 0 Å². The van der Waals surface area contributed by atoms with E-state index < -0.39 is 13.9 Å². The maximum atomic E-state index is 9.00. The first kappa shape index (κ1) is 26.6. The van der Waals surface area contributed by atoms with Gasteiger partial charge < -0.3 is 41.2 Å². The van der Waals surface area contributed by atoms with E-state index in [9.17, 15) is 0 Å². The molecular weight excluding hydrogens is 445 g/mol. The molecule has 0 aromatic heterocycles. The maximum absolute atomic E-state index is 9.00. The van der Waals surface area contributed by atoms with Gasteiger partial charge in [-0.3, -0.25) is 4.79 Å². The Labute approximate surface area is 196 Å². The molecule has 1 unspecified atom stereocenters. The Morgan fingerprint density at radius 2 is 1.16 bits per heavy atom. The van der Waals surface area contributed by atoms with E-state index in [1.54, 1.807) is 0 Å². The number of carbonyl (C=O) groups is 1. The number of carboxylic acids is 1. The Kier molecular flexibility index (Phi) is 11.8. The predicted octanol–water partition coefficient (Wildman–Crippen LogP) is 5.16. The second-order valence-corrected chi connectivity index (χ2v) is 9.44. The van der Waals surface area contributed by atoms with Gasteiger partial charge in [0.05, 0.1) is 0 Å². The Morgan fingerprint density at radius 3 is 1.48 bits per heavy atom. The summed E-state index contributed by atoms with van der Waals surface area (Å²) in [6, 6.07) is 39.6. The van der Waals surface area contributed by atoms with E-state index in [1.807, 2.05) is 30.3 Å². The van der Waals surface area contributed by atoms with Crippen LogP contribution in [0.25, 0.3) is 0 Å². The number of carboxylic acid groups (broad SMARTS) is 1. The summed E-state index contributed by atoms with van der Waals surface area (Å²) in [7, 11) is -0.667. The van der Waals surface area contributed by atoms with Crippen molar-refractivity contribution < 1.29 is 27.0 Å². The van der Waals surface area contributed by atoms with Crippen molar-refractivity contribution in [1.82, 2.24) is 0 Å². The molecule has 0 aliphatic heterocycles. The fraction of sp³-hybridized carbons (Fsp3) is 0.115.